The smallest absolute Gasteiger partial charge is 0.101 e. The van der Waals surface area contributed by atoms with E-state index >= 15 is 0 Å². The van der Waals surface area contributed by atoms with Crippen LogP contribution in [0, 0.1) is 22.7 Å². The van der Waals surface area contributed by atoms with Gasteiger partial charge in [-0.2, -0.15) is 10.5 Å². The van der Waals surface area contributed by atoms with Crippen LogP contribution in [0.3, 0.4) is 0 Å². The van der Waals surface area contributed by atoms with E-state index in [4.69, 9.17) is 16.3 Å². The number of rotatable bonds is 2. The molecule has 0 aliphatic heterocycles. The first-order valence-corrected chi connectivity index (χ1v) is 5.70. The Morgan fingerprint density at radius 2 is 1.58 bits per heavy atom. The Bertz CT molecular complexity index is 692. The molecule has 4 nitrogen and oxygen atoms in total. The molecular formula is C15H12N4. The number of benzene rings is 2. The number of nitrogens with zero attached hydrogens (tertiary/aromatic N) is 3. The Balaban J connectivity index is 2.54. The van der Waals surface area contributed by atoms with Crippen LogP contribution in [0.1, 0.15) is 11.1 Å². The highest BCUT2D eigenvalue weighted by Crippen LogP contribution is 2.30. The zero-order valence-corrected chi connectivity index (χ0v) is 10.5. The minimum absolute atomic E-state index is 0.482. The molecule has 0 atom stereocenters. The van der Waals surface area contributed by atoms with Gasteiger partial charge in [0.1, 0.15) is 12.1 Å². The first-order valence-electron chi connectivity index (χ1n) is 5.70. The number of para-hydroxylation sites is 1. The fraction of sp³-hybridized carbons (Fsp3) is 0.0667. The minimum atomic E-state index is 0.482. The summed E-state index contributed by atoms with van der Waals surface area (Å²) in [5.41, 5.74) is 8.74. The second kappa shape index (κ2) is 5.12. The van der Waals surface area contributed by atoms with Crippen molar-refractivity contribution in [3.63, 3.8) is 0 Å². The summed E-state index contributed by atoms with van der Waals surface area (Å²) in [6, 6.07) is 16.7. The quantitative estimate of drug-likeness (QED) is 0.829. The third-order valence-corrected chi connectivity index (χ3v) is 2.89. The molecule has 0 bridgehead atoms. The van der Waals surface area contributed by atoms with E-state index in [9.17, 15) is 0 Å². The molecule has 0 unspecified atom stereocenters. The molecule has 0 spiro atoms. The lowest BCUT2D eigenvalue weighted by molar-refractivity contribution is 1.19. The SMILES string of the molecule is CN(c1ccccc1C#N)c1ccc(N)cc1C#N. The summed E-state index contributed by atoms with van der Waals surface area (Å²) in [6.45, 7) is 0. The highest BCUT2D eigenvalue weighted by molar-refractivity contribution is 5.74. The van der Waals surface area contributed by atoms with Crippen molar-refractivity contribution >= 4 is 17.1 Å². The Hall–Kier alpha value is -2.98. The van der Waals surface area contributed by atoms with Crippen molar-refractivity contribution in [3.8, 4) is 12.1 Å². The van der Waals surface area contributed by atoms with Crippen molar-refractivity contribution in [1.29, 1.82) is 10.5 Å². The number of anilines is 3. The second-order valence-corrected chi connectivity index (χ2v) is 4.08. The van der Waals surface area contributed by atoms with E-state index in [0.717, 1.165) is 11.4 Å². The van der Waals surface area contributed by atoms with Crippen LogP contribution in [0.15, 0.2) is 42.5 Å². The Labute approximate surface area is 111 Å². The molecule has 0 radical (unpaired) electrons. The maximum Gasteiger partial charge on any atom is 0.101 e. The number of nitrogens with two attached hydrogens (primary N) is 1. The Morgan fingerprint density at radius 3 is 2.26 bits per heavy atom. The van der Waals surface area contributed by atoms with Crippen LogP contribution in [0.2, 0.25) is 0 Å². The van der Waals surface area contributed by atoms with Gasteiger partial charge in [0.05, 0.1) is 22.5 Å². The van der Waals surface area contributed by atoms with E-state index in [0.29, 0.717) is 16.8 Å². The summed E-state index contributed by atoms with van der Waals surface area (Å²) in [5, 5.41) is 18.3. The van der Waals surface area contributed by atoms with Crippen LogP contribution >= 0.6 is 0 Å². The maximum absolute atomic E-state index is 9.17. The van der Waals surface area contributed by atoms with Gasteiger partial charge in [-0.1, -0.05) is 12.1 Å². The molecule has 2 N–H and O–H groups in total. The number of hydrogen-bond donors (Lipinski definition) is 1. The predicted octanol–water partition coefficient (Wildman–Crippen LogP) is 2.78. The zero-order chi connectivity index (χ0) is 13.8. The molecule has 92 valence electrons. The van der Waals surface area contributed by atoms with Gasteiger partial charge in [0.25, 0.3) is 0 Å². The van der Waals surface area contributed by atoms with E-state index in [1.807, 2.05) is 30.1 Å². The average molecular weight is 248 g/mol. The molecule has 0 fully saturated rings. The number of nitrogen functional groups attached to an aromatic ring is 1. The molecule has 2 aromatic carbocycles. The zero-order valence-electron chi connectivity index (χ0n) is 10.5. The molecule has 0 aliphatic carbocycles. The predicted molar refractivity (Wildman–Crippen MR) is 74.8 cm³/mol. The number of nitriles is 2. The summed E-state index contributed by atoms with van der Waals surface area (Å²) >= 11 is 0. The van der Waals surface area contributed by atoms with Gasteiger partial charge in [-0.3, -0.25) is 0 Å². The fourth-order valence-electron chi connectivity index (χ4n) is 1.93. The molecule has 2 aromatic rings. The summed E-state index contributed by atoms with van der Waals surface area (Å²) in [7, 11) is 1.82. The summed E-state index contributed by atoms with van der Waals surface area (Å²) in [4.78, 5) is 1.82. The van der Waals surface area contributed by atoms with E-state index < -0.39 is 0 Å². The van der Waals surface area contributed by atoms with Gasteiger partial charge in [-0.15, -0.1) is 0 Å². The van der Waals surface area contributed by atoms with E-state index in [1.165, 1.54) is 0 Å². The van der Waals surface area contributed by atoms with Gasteiger partial charge in [0.2, 0.25) is 0 Å². The summed E-state index contributed by atoms with van der Waals surface area (Å²) in [6.07, 6.45) is 0. The topological polar surface area (TPSA) is 76.8 Å². The molecule has 0 saturated carbocycles. The molecule has 0 heterocycles. The van der Waals surface area contributed by atoms with Gasteiger partial charge in [-0.25, -0.2) is 0 Å². The highest BCUT2D eigenvalue weighted by Gasteiger charge is 2.12. The minimum Gasteiger partial charge on any atom is -0.399 e. The molecule has 0 aliphatic rings. The molecular weight excluding hydrogens is 236 g/mol. The summed E-state index contributed by atoms with van der Waals surface area (Å²) < 4.78 is 0. The van der Waals surface area contributed by atoms with E-state index in [1.54, 1.807) is 24.3 Å². The fourth-order valence-corrected chi connectivity index (χ4v) is 1.93. The van der Waals surface area contributed by atoms with Crippen LogP contribution < -0.4 is 10.6 Å². The molecule has 19 heavy (non-hydrogen) atoms. The van der Waals surface area contributed by atoms with Crippen LogP contribution in [0.4, 0.5) is 17.1 Å². The lowest BCUT2D eigenvalue weighted by atomic mass is 10.1. The largest absolute Gasteiger partial charge is 0.399 e. The highest BCUT2D eigenvalue weighted by atomic mass is 15.1. The average Bonchev–Trinajstić information content (AvgIpc) is 2.46. The second-order valence-electron chi connectivity index (χ2n) is 4.08. The van der Waals surface area contributed by atoms with Gasteiger partial charge in [0, 0.05) is 12.7 Å². The maximum atomic E-state index is 9.17. The Morgan fingerprint density at radius 1 is 0.947 bits per heavy atom. The number of hydrogen-bond acceptors (Lipinski definition) is 4. The summed E-state index contributed by atoms with van der Waals surface area (Å²) in [5.74, 6) is 0. The van der Waals surface area contributed by atoms with Crippen molar-refractivity contribution in [2.45, 2.75) is 0 Å². The lowest BCUT2D eigenvalue weighted by Crippen LogP contribution is -2.12. The van der Waals surface area contributed by atoms with Crippen LogP contribution in [0.5, 0.6) is 0 Å². The van der Waals surface area contributed by atoms with Crippen molar-refractivity contribution < 1.29 is 0 Å². The van der Waals surface area contributed by atoms with Crippen LogP contribution in [-0.4, -0.2) is 7.05 Å². The van der Waals surface area contributed by atoms with E-state index in [2.05, 4.69) is 12.1 Å². The van der Waals surface area contributed by atoms with Crippen LogP contribution in [0.25, 0.3) is 0 Å². The van der Waals surface area contributed by atoms with Crippen LogP contribution in [-0.2, 0) is 0 Å². The standard InChI is InChI=1S/C15H12N4/c1-19(14-5-3-2-4-11(14)9-16)15-7-6-13(18)8-12(15)10-17/h2-8H,18H2,1H3. The molecule has 4 heteroatoms. The van der Waals surface area contributed by atoms with E-state index in [-0.39, 0.29) is 0 Å². The van der Waals surface area contributed by atoms with Gasteiger partial charge < -0.3 is 10.6 Å². The third-order valence-electron chi connectivity index (χ3n) is 2.89. The van der Waals surface area contributed by atoms with Gasteiger partial charge in [-0.05, 0) is 30.3 Å². The third kappa shape index (κ3) is 2.34. The lowest BCUT2D eigenvalue weighted by Gasteiger charge is -2.21. The first-order chi connectivity index (χ1) is 9.17. The normalized spacial score (nSPS) is 9.42. The molecule has 2 rings (SSSR count). The van der Waals surface area contributed by atoms with Crippen molar-refractivity contribution in [2.75, 3.05) is 17.7 Å². The first kappa shape index (κ1) is 12.5. The van der Waals surface area contributed by atoms with Gasteiger partial charge >= 0.3 is 0 Å². The van der Waals surface area contributed by atoms with Crippen molar-refractivity contribution in [2.24, 2.45) is 0 Å². The molecule has 0 saturated heterocycles. The van der Waals surface area contributed by atoms with Crippen molar-refractivity contribution in [1.82, 2.24) is 0 Å². The monoisotopic (exact) mass is 248 g/mol. The molecule has 0 aromatic heterocycles. The van der Waals surface area contributed by atoms with Gasteiger partial charge in [0.15, 0.2) is 0 Å². The Kier molecular flexibility index (Phi) is 3.36. The van der Waals surface area contributed by atoms with Crippen molar-refractivity contribution in [3.05, 3.63) is 53.6 Å². The molecule has 0 amide bonds.